The van der Waals surface area contributed by atoms with Gasteiger partial charge in [0.05, 0.1) is 12.1 Å². The summed E-state index contributed by atoms with van der Waals surface area (Å²) < 4.78 is 14.1. The molecule has 1 fully saturated rings. The first-order chi connectivity index (χ1) is 10.5. The number of nitrogens with zero attached hydrogens (tertiary/aromatic N) is 1. The molecular formula is C16H12BrFN2O2. The molecule has 0 spiro atoms. The monoisotopic (exact) mass is 362 g/mol. The Morgan fingerprint density at radius 2 is 1.86 bits per heavy atom. The van der Waals surface area contributed by atoms with Crippen LogP contribution < -0.4 is 10.2 Å². The zero-order chi connectivity index (χ0) is 15.7. The lowest BCUT2D eigenvalue weighted by molar-refractivity contribution is -0.121. The van der Waals surface area contributed by atoms with Crippen LogP contribution in [0.3, 0.4) is 0 Å². The van der Waals surface area contributed by atoms with Gasteiger partial charge in [-0.1, -0.05) is 22.0 Å². The van der Waals surface area contributed by atoms with Gasteiger partial charge in [0, 0.05) is 10.2 Å². The number of benzene rings is 2. The van der Waals surface area contributed by atoms with E-state index in [1.807, 2.05) is 0 Å². The number of imide groups is 1. The lowest BCUT2D eigenvalue weighted by Gasteiger charge is -2.16. The molecule has 1 heterocycles. The van der Waals surface area contributed by atoms with Crippen LogP contribution in [0.4, 0.5) is 15.8 Å². The summed E-state index contributed by atoms with van der Waals surface area (Å²) in [6, 6.07) is 12.1. The minimum absolute atomic E-state index is 0.0470. The summed E-state index contributed by atoms with van der Waals surface area (Å²) in [4.78, 5) is 25.7. The van der Waals surface area contributed by atoms with Crippen LogP contribution >= 0.6 is 15.9 Å². The van der Waals surface area contributed by atoms with Crippen LogP contribution in [0.25, 0.3) is 0 Å². The Hall–Kier alpha value is -2.21. The number of carbonyl (C=O) groups excluding carboxylic acids is 2. The van der Waals surface area contributed by atoms with E-state index >= 15 is 0 Å². The Labute approximate surface area is 135 Å². The van der Waals surface area contributed by atoms with Crippen molar-refractivity contribution in [3.8, 4) is 0 Å². The van der Waals surface area contributed by atoms with Gasteiger partial charge < -0.3 is 5.32 Å². The van der Waals surface area contributed by atoms with Gasteiger partial charge in [-0.25, -0.2) is 9.29 Å². The fraction of sp³-hybridized carbons (Fsp3) is 0.125. The van der Waals surface area contributed by atoms with Crippen LogP contribution in [-0.2, 0) is 9.59 Å². The molecule has 2 aromatic rings. The standard InChI is InChI=1S/C16H12BrFN2O2/c17-10-4-6-13(7-5-10)20-15(21)9-14(16(20)22)19-12-3-1-2-11(18)8-12/h1-8,14,19H,9H2/t14-/m1/s1. The van der Waals surface area contributed by atoms with Crippen molar-refractivity contribution in [1.82, 2.24) is 0 Å². The van der Waals surface area contributed by atoms with Gasteiger partial charge in [-0.3, -0.25) is 9.59 Å². The topological polar surface area (TPSA) is 49.4 Å². The number of rotatable bonds is 3. The van der Waals surface area contributed by atoms with Crippen LogP contribution in [0.5, 0.6) is 0 Å². The maximum Gasteiger partial charge on any atom is 0.256 e. The molecule has 1 aliphatic heterocycles. The molecule has 2 aromatic carbocycles. The van der Waals surface area contributed by atoms with Crippen LogP contribution in [0.1, 0.15) is 6.42 Å². The highest BCUT2D eigenvalue weighted by Crippen LogP contribution is 2.26. The predicted molar refractivity (Wildman–Crippen MR) is 85.1 cm³/mol. The van der Waals surface area contributed by atoms with E-state index in [0.717, 1.165) is 9.37 Å². The molecule has 2 amide bonds. The minimum Gasteiger partial charge on any atom is -0.373 e. The van der Waals surface area contributed by atoms with Gasteiger partial charge in [0.15, 0.2) is 0 Å². The van der Waals surface area contributed by atoms with Gasteiger partial charge in [0.25, 0.3) is 5.91 Å². The Balaban J connectivity index is 1.81. The summed E-state index contributed by atoms with van der Waals surface area (Å²) in [5.74, 6) is -1.01. The van der Waals surface area contributed by atoms with Gasteiger partial charge in [-0.15, -0.1) is 0 Å². The zero-order valence-electron chi connectivity index (χ0n) is 11.4. The summed E-state index contributed by atoms with van der Waals surface area (Å²) in [7, 11) is 0. The lowest BCUT2D eigenvalue weighted by Crippen LogP contribution is -2.34. The van der Waals surface area contributed by atoms with Crippen molar-refractivity contribution in [3.05, 3.63) is 58.8 Å². The summed E-state index contributed by atoms with van der Waals surface area (Å²) in [5, 5.41) is 2.91. The van der Waals surface area contributed by atoms with Crippen LogP contribution in [0.2, 0.25) is 0 Å². The van der Waals surface area contributed by atoms with E-state index in [-0.39, 0.29) is 18.2 Å². The summed E-state index contributed by atoms with van der Waals surface area (Å²) >= 11 is 3.31. The molecule has 3 rings (SSSR count). The van der Waals surface area contributed by atoms with Crippen molar-refractivity contribution < 1.29 is 14.0 Å². The quantitative estimate of drug-likeness (QED) is 0.852. The predicted octanol–water partition coefficient (Wildman–Crippen LogP) is 3.33. The first-order valence-electron chi connectivity index (χ1n) is 6.69. The van der Waals surface area contributed by atoms with Crippen LogP contribution in [0, 0.1) is 5.82 Å². The SMILES string of the molecule is O=C1C[C@@H](Nc2cccc(F)c2)C(=O)N1c1ccc(Br)cc1. The van der Waals surface area contributed by atoms with Gasteiger partial charge in [-0.05, 0) is 42.5 Å². The van der Waals surface area contributed by atoms with Crippen LogP contribution in [-0.4, -0.2) is 17.9 Å². The van der Waals surface area contributed by atoms with E-state index in [0.29, 0.717) is 11.4 Å². The largest absolute Gasteiger partial charge is 0.373 e. The second-order valence-electron chi connectivity index (χ2n) is 4.96. The molecule has 1 saturated heterocycles. The van der Waals surface area contributed by atoms with Gasteiger partial charge in [0.1, 0.15) is 11.9 Å². The molecule has 1 N–H and O–H groups in total. The Morgan fingerprint density at radius 1 is 1.14 bits per heavy atom. The molecule has 22 heavy (non-hydrogen) atoms. The molecule has 6 heteroatoms. The molecule has 0 bridgehead atoms. The molecule has 0 aliphatic carbocycles. The van der Waals surface area contributed by atoms with E-state index in [2.05, 4.69) is 21.2 Å². The Kier molecular flexibility index (Phi) is 3.94. The molecule has 0 radical (unpaired) electrons. The molecule has 4 nitrogen and oxygen atoms in total. The maximum absolute atomic E-state index is 13.2. The van der Waals surface area contributed by atoms with Crippen molar-refractivity contribution in [2.24, 2.45) is 0 Å². The first kappa shape index (κ1) is 14.7. The summed E-state index contributed by atoms with van der Waals surface area (Å²) in [6.45, 7) is 0. The van der Waals surface area contributed by atoms with E-state index < -0.39 is 11.9 Å². The molecular weight excluding hydrogens is 351 g/mol. The number of hydrogen-bond donors (Lipinski definition) is 1. The highest BCUT2D eigenvalue weighted by molar-refractivity contribution is 9.10. The molecule has 1 aliphatic rings. The third-order valence-electron chi connectivity index (χ3n) is 3.40. The van der Waals surface area contributed by atoms with Crippen molar-refractivity contribution in [2.75, 3.05) is 10.2 Å². The van der Waals surface area contributed by atoms with Gasteiger partial charge in [0.2, 0.25) is 5.91 Å². The minimum atomic E-state index is -0.682. The average molecular weight is 363 g/mol. The van der Waals surface area contributed by atoms with E-state index in [4.69, 9.17) is 0 Å². The van der Waals surface area contributed by atoms with E-state index in [1.165, 1.54) is 12.1 Å². The number of carbonyl (C=O) groups is 2. The number of hydrogen-bond acceptors (Lipinski definition) is 3. The van der Waals surface area contributed by atoms with Crippen molar-refractivity contribution in [3.63, 3.8) is 0 Å². The highest BCUT2D eigenvalue weighted by Gasteiger charge is 2.39. The average Bonchev–Trinajstić information content (AvgIpc) is 2.75. The fourth-order valence-electron chi connectivity index (χ4n) is 2.39. The number of anilines is 2. The number of halogens is 2. The van der Waals surface area contributed by atoms with E-state index in [1.54, 1.807) is 36.4 Å². The third kappa shape index (κ3) is 2.87. The molecule has 112 valence electrons. The van der Waals surface area contributed by atoms with Gasteiger partial charge in [-0.2, -0.15) is 0 Å². The Morgan fingerprint density at radius 3 is 2.55 bits per heavy atom. The zero-order valence-corrected chi connectivity index (χ0v) is 13.0. The molecule has 0 unspecified atom stereocenters. The number of nitrogens with one attached hydrogen (secondary N) is 1. The second kappa shape index (κ2) is 5.88. The normalized spacial score (nSPS) is 17.9. The smallest absolute Gasteiger partial charge is 0.256 e. The Bertz CT molecular complexity index is 733. The summed E-state index contributed by atoms with van der Waals surface area (Å²) in [5.41, 5.74) is 1.01. The molecule has 0 saturated carbocycles. The van der Waals surface area contributed by atoms with Crippen molar-refractivity contribution >= 4 is 39.1 Å². The van der Waals surface area contributed by atoms with Gasteiger partial charge >= 0.3 is 0 Å². The first-order valence-corrected chi connectivity index (χ1v) is 7.48. The number of amides is 2. The molecule has 1 atom stereocenters. The third-order valence-corrected chi connectivity index (χ3v) is 3.93. The van der Waals surface area contributed by atoms with E-state index in [9.17, 15) is 14.0 Å². The molecule has 0 aromatic heterocycles. The van der Waals surface area contributed by atoms with Crippen LogP contribution in [0.15, 0.2) is 53.0 Å². The summed E-state index contributed by atoms with van der Waals surface area (Å²) in [6.07, 6.45) is 0.0470. The second-order valence-corrected chi connectivity index (χ2v) is 5.87. The fourth-order valence-corrected chi connectivity index (χ4v) is 2.65. The maximum atomic E-state index is 13.2. The van der Waals surface area contributed by atoms with Crippen molar-refractivity contribution in [2.45, 2.75) is 12.5 Å². The van der Waals surface area contributed by atoms with Crippen molar-refractivity contribution in [1.29, 1.82) is 0 Å². The highest BCUT2D eigenvalue weighted by atomic mass is 79.9. The lowest BCUT2D eigenvalue weighted by atomic mass is 10.2.